The summed E-state index contributed by atoms with van der Waals surface area (Å²) in [5.41, 5.74) is 0. The lowest BCUT2D eigenvalue weighted by Crippen LogP contribution is -2.39. The molecule has 0 aromatic rings. The van der Waals surface area contributed by atoms with Crippen molar-refractivity contribution in [2.24, 2.45) is 5.92 Å². The van der Waals surface area contributed by atoms with Crippen molar-refractivity contribution in [2.75, 3.05) is 14.2 Å². The van der Waals surface area contributed by atoms with Gasteiger partial charge in [0.25, 0.3) is 0 Å². The van der Waals surface area contributed by atoms with Gasteiger partial charge in [-0.1, -0.05) is 6.92 Å². The first-order valence-electron chi connectivity index (χ1n) is 6.48. The molecule has 16 heavy (non-hydrogen) atoms. The molecule has 2 fully saturated rings. The van der Waals surface area contributed by atoms with Crippen molar-refractivity contribution < 1.29 is 13.6 Å². The third-order valence-corrected chi connectivity index (χ3v) is 7.94. The molecule has 3 unspecified atom stereocenters. The fourth-order valence-corrected chi connectivity index (χ4v) is 5.28. The smallest absolute Gasteiger partial charge is 0.337 e. The summed E-state index contributed by atoms with van der Waals surface area (Å²) in [5, 5.41) is 0. The number of fused-ring (bicyclic) bond motifs is 1. The first-order chi connectivity index (χ1) is 7.73. The third-order valence-electron chi connectivity index (χ3n) is 4.33. The summed E-state index contributed by atoms with van der Waals surface area (Å²) >= 11 is 0. The second kappa shape index (κ2) is 5.17. The Balaban J connectivity index is 1.76. The average molecular weight is 244 g/mol. The molecule has 4 heteroatoms. The summed E-state index contributed by atoms with van der Waals surface area (Å²) in [6.07, 6.45) is 6.36. The van der Waals surface area contributed by atoms with E-state index in [4.69, 9.17) is 13.6 Å². The normalized spacial score (nSPS) is 33.6. The van der Waals surface area contributed by atoms with Gasteiger partial charge in [-0.3, -0.25) is 0 Å². The maximum atomic E-state index is 5.65. The minimum Gasteiger partial charge on any atom is -0.398 e. The van der Waals surface area contributed by atoms with E-state index in [1.807, 2.05) is 0 Å². The molecule has 3 atom stereocenters. The monoisotopic (exact) mass is 244 g/mol. The lowest BCUT2D eigenvalue weighted by atomic mass is 9.88. The molecule has 0 aromatic heterocycles. The van der Waals surface area contributed by atoms with Gasteiger partial charge in [0, 0.05) is 14.2 Å². The Hall–Kier alpha value is 0.0969. The summed E-state index contributed by atoms with van der Waals surface area (Å²) in [7, 11) is 1.76. The Morgan fingerprint density at radius 2 is 1.94 bits per heavy atom. The quantitative estimate of drug-likeness (QED) is 0.532. The SMILES string of the molecule is CC[Si](CCC1CCC2OC2C1)(OC)OC. The van der Waals surface area contributed by atoms with Gasteiger partial charge < -0.3 is 13.6 Å². The van der Waals surface area contributed by atoms with Gasteiger partial charge >= 0.3 is 8.56 Å². The van der Waals surface area contributed by atoms with E-state index in [2.05, 4.69) is 6.92 Å². The number of hydrogen-bond acceptors (Lipinski definition) is 3. The Morgan fingerprint density at radius 1 is 1.19 bits per heavy atom. The highest BCUT2D eigenvalue weighted by Crippen LogP contribution is 2.41. The lowest BCUT2D eigenvalue weighted by molar-refractivity contribution is 0.236. The summed E-state index contributed by atoms with van der Waals surface area (Å²) in [6.45, 7) is 2.18. The van der Waals surface area contributed by atoms with E-state index in [-0.39, 0.29) is 0 Å². The number of hydrogen-bond donors (Lipinski definition) is 0. The molecule has 2 rings (SSSR count). The molecule has 0 radical (unpaired) electrons. The van der Waals surface area contributed by atoms with Crippen LogP contribution in [0.25, 0.3) is 0 Å². The topological polar surface area (TPSA) is 31.0 Å². The molecule has 0 amide bonds. The summed E-state index contributed by atoms with van der Waals surface area (Å²) in [6, 6.07) is 2.19. The molecular weight excluding hydrogens is 220 g/mol. The average Bonchev–Trinajstić information content (AvgIpc) is 3.10. The summed E-state index contributed by atoms with van der Waals surface area (Å²) in [4.78, 5) is 0. The van der Waals surface area contributed by atoms with Crippen LogP contribution in [0.1, 0.15) is 32.6 Å². The van der Waals surface area contributed by atoms with Crippen LogP contribution in [0, 0.1) is 5.92 Å². The van der Waals surface area contributed by atoms with Crippen LogP contribution in [0.3, 0.4) is 0 Å². The van der Waals surface area contributed by atoms with Crippen LogP contribution in [0.5, 0.6) is 0 Å². The van der Waals surface area contributed by atoms with Crippen LogP contribution >= 0.6 is 0 Å². The van der Waals surface area contributed by atoms with Gasteiger partial charge in [0.15, 0.2) is 0 Å². The number of epoxide rings is 1. The van der Waals surface area contributed by atoms with E-state index in [1.165, 1.54) is 25.7 Å². The van der Waals surface area contributed by atoms with E-state index in [0.29, 0.717) is 12.2 Å². The summed E-state index contributed by atoms with van der Waals surface area (Å²) < 4.78 is 16.9. The zero-order valence-corrected chi connectivity index (χ0v) is 11.7. The van der Waals surface area contributed by atoms with Gasteiger partial charge in [-0.2, -0.15) is 0 Å². The molecule has 1 saturated carbocycles. The van der Waals surface area contributed by atoms with Crippen molar-refractivity contribution >= 4 is 8.56 Å². The second-order valence-corrected chi connectivity index (χ2v) is 8.95. The lowest BCUT2D eigenvalue weighted by Gasteiger charge is -2.28. The van der Waals surface area contributed by atoms with E-state index in [0.717, 1.165) is 18.0 Å². The first kappa shape index (κ1) is 12.6. The van der Waals surface area contributed by atoms with Crippen LogP contribution in [0.15, 0.2) is 0 Å². The van der Waals surface area contributed by atoms with Crippen molar-refractivity contribution in [1.82, 2.24) is 0 Å². The Morgan fingerprint density at radius 3 is 2.50 bits per heavy atom. The zero-order chi connectivity index (χ0) is 11.6. The molecular formula is C12H24O3Si. The van der Waals surface area contributed by atoms with Gasteiger partial charge in [0.2, 0.25) is 0 Å². The van der Waals surface area contributed by atoms with Crippen molar-refractivity contribution in [3.8, 4) is 0 Å². The number of ether oxygens (including phenoxy) is 1. The van der Waals surface area contributed by atoms with Gasteiger partial charge in [-0.15, -0.1) is 0 Å². The highest BCUT2D eigenvalue weighted by Gasteiger charge is 2.44. The van der Waals surface area contributed by atoms with Crippen molar-refractivity contribution in [3.05, 3.63) is 0 Å². The van der Waals surface area contributed by atoms with E-state index >= 15 is 0 Å². The maximum Gasteiger partial charge on any atom is 0.337 e. The van der Waals surface area contributed by atoms with Crippen LogP contribution in [0.4, 0.5) is 0 Å². The van der Waals surface area contributed by atoms with Crippen molar-refractivity contribution in [3.63, 3.8) is 0 Å². The molecule has 94 valence electrons. The largest absolute Gasteiger partial charge is 0.398 e. The van der Waals surface area contributed by atoms with Crippen LogP contribution in [-0.2, 0) is 13.6 Å². The van der Waals surface area contributed by atoms with E-state index in [9.17, 15) is 0 Å². The van der Waals surface area contributed by atoms with Gasteiger partial charge in [0.05, 0.1) is 12.2 Å². The standard InChI is InChI=1S/C12H24O3Si/c1-4-16(13-2,14-3)8-7-10-5-6-11-12(9-10)15-11/h10-12H,4-9H2,1-3H3. The predicted octanol–water partition coefficient (Wildman–Crippen LogP) is 2.70. The van der Waals surface area contributed by atoms with Crippen molar-refractivity contribution in [1.29, 1.82) is 0 Å². The van der Waals surface area contributed by atoms with Crippen LogP contribution in [0.2, 0.25) is 12.1 Å². The maximum absolute atomic E-state index is 5.65. The zero-order valence-electron chi connectivity index (χ0n) is 10.7. The Bertz CT molecular complexity index is 222. The van der Waals surface area contributed by atoms with E-state index in [1.54, 1.807) is 14.2 Å². The number of rotatable bonds is 6. The fourth-order valence-electron chi connectivity index (χ4n) is 2.93. The van der Waals surface area contributed by atoms with Crippen LogP contribution < -0.4 is 0 Å². The Kier molecular flexibility index (Phi) is 4.05. The minimum atomic E-state index is -1.85. The third kappa shape index (κ3) is 2.67. The first-order valence-corrected chi connectivity index (χ1v) is 8.72. The molecule has 0 N–H and O–H groups in total. The van der Waals surface area contributed by atoms with E-state index < -0.39 is 8.56 Å². The van der Waals surface area contributed by atoms with Gasteiger partial charge in [-0.25, -0.2) is 0 Å². The summed E-state index contributed by atoms with van der Waals surface area (Å²) in [5.74, 6) is 0.840. The molecule has 0 spiro atoms. The van der Waals surface area contributed by atoms with Crippen molar-refractivity contribution in [2.45, 2.75) is 56.9 Å². The molecule has 1 heterocycles. The Labute approximate surface area is 99.7 Å². The molecule has 3 nitrogen and oxygen atoms in total. The second-order valence-electron chi connectivity index (χ2n) is 5.10. The molecule has 0 bridgehead atoms. The molecule has 1 aliphatic heterocycles. The fraction of sp³-hybridized carbons (Fsp3) is 1.00. The molecule has 1 saturated heterocycles. The molecule has 2 aliphatic rings. The highest BCUT2D eigenvalue weighted by atomic mass is 28.4. The highest BCUT2D eigenvalue weighted by molar-refractivity contribution is 6.67. The molecule has 0 aromatic carbocycles. The molecule has 1 aliphatic carbocycles. The predicted molar refractivity (Wildman–Crippen MR) is 65.7 cm³/mol. The van der Waals surface area contributed by atoms with Crippen LogP contribution in [-0.4, -0.2) is 35.0 Å². The minimum absolute atomic E-state index is 0.599. The van der Waals surface area contributed by atoms with Gasteiger partial charge in [0.1, 0.15) is 0 Å². The van der Waals surface area contributed by atoms with Gasteiger partial charge in [-0.05, 0) is 43.7 Å².